The molecular weight excluding hydrogens is 548 g/mol. The lowest BCUT2D eigenvalue weighted by Gasteiger charge is -2.58. The molecule has 0 amide bonds. The lowest BCUT2D eigenvalue weighted by Crippen LogP contribution is -2.51. The van der Waals surface area contributed by atoms with Crippen LogP contribution in [0.4, 0.5) is 0 Å². The highest BCUT2D eigenvalue weighted by molar-refractivity contribution is 7.14. The highest BCUT2D eigenvalue weighted by Gasteiger charge is 2.64. The van der Waals surface area contributed by atoms with Crippen molar-refractivity contribution in [3.63, 3.8) is 0 Å². The van der Waals surface area contributed by atoms with E-state index in [0.29, 0.717) is 40.8 Å². The predicted octanol–water partition coefficient (Wildman–Crippen LogP) is 9.20. The lowest BCUT2D eigenvalue weighted by molar-refractivity contribution is -0.0589. The van der Waals surface area contributed by atoms with Crippen LogP contribution in [0.2, 0.25) is 0 Å². The van der Waals surface area contributed by atoms with Crippen LogP contribution in [0.5, 0.6) is 0 Å². The third-order valence-electron chi connectivity index (χ3n) is 13.4. The summed E-state index contributed by atoms with van der Waals surface area (Å²) >= 11 is 1.76. The Bertz CT molecular complexity index is 1540. The second-order valence-electron chi connectivity index (χ2n) is 15.5. The average molecular weight is 597 g/mol. The maximum absolute atomic E-state index is 10.4. The molecule has 4 fully saturated rings. The van der Waals surface area contributed by atoms with Gasteiger partial charge in [-0.3, -0.25) is 0 Å². The summed E-state index contributed by atoms with van der Waals surface area (Å²) in [6, 6.07) is 15.0. The summed E-state index contributed by atoms with van der Waals surface area (Å²) in [7, 11) is 0. The molecular formula is C38H48N2O2S. The van der Waals surface area contributed by atoms with E-state index in [9.17, 15) is 5.11 Å². The van der Waals surface area contributed by atoms with Crippen LogP contribution in [0.3, 0.4) is 0 Å². The smallest absolute Gasteiger partial charge is 0.148 e. The standard InChI is InChI=1S/C38H48N2O2S/c1-22(35-39-40-36(43-35)28-11-7-9-24-8-5-6-10-27(24)28)12-15-32-23(2)34-33(42-32)21-31-29-14-13-25-20-26(41)16-18-37(25,3)30(29)17-19-38(31,34)4/h5-11,13,22-23,26,29-34,41H,12,14-21H2,1-4H3/t22-,23+,26-,29+,30-,31-,32+,33-,34-,37-,38-/m0/s1. The zero-order valence-corrected chi connectivity index (χ0v) is 27.2. The molecule has 5 heteroatoms. The molecule has 1 saturated heterocycles. The zero-order chi connectivity index (χ0) is 29.5. The van der Waals surface area contributed by atoms with Crippen molar-refractivity contribution in [3.8, 4) is 10.6 Å². The molecule has 0 unspecified atom stereocenters. The van der Waals surface area contributed by atoms with Crippen LogP contribution < -0.4 is 0 Å². The third kappa shape index (κ3) is 4.42. The minimum Gasteiger partial charge on any atom is -0.393 e. The Labute approximate surface area is 261 Å². The van der Waals surface area contributed by atoms with E-state index in [2.05, 4.69) is 86.4 Å². The van der Waals surface area contributed by atoms with Crippen LogP contribution in [0.15, 0.2) is 54.1 Å². The molecule has 1 N–H and O–H groups in total. The fraction of sp³-hybridized carbons (Fsp3) is 0.632. The van der Waals surface area contributed by atoms with Crippen LogP contribution in [0.25, 0.3) is 21.3 Å². The van der Waals surface area contributed by atoms with Crippen molar-refractivity contribution in [3.05, 3.63) is 59.1 Å². The van der Waals surface area contributed by atoms with E-state index in [4.69, 9.17) is 4.74 Å². The van der Waals surface area contributed by atoms with E-state index in [-0.39, 0.29) is 6.10 Å². The van der Waals surface area contributed by atoms with Crippen LogP contribution in [-0.2, 0) is 4.74 Å². The van der Waals surface area contributed by atoms with Crippen LogP contribution in [0, 0.1) is 40.4 Å². The lowest BCUT2D eigenvalue weighted by atomic mass is 9.47. The molecule has 4 aliphatic carbocycles. The van der Waals surface area contributed by atoms with Gasteiger partial charge in [-0.05, 0) is 109 Å². The Balaban J connectivity index is 0.938. The van der Waals surface area contributed by atoms with E-state index in [1.54, 1.807) is 16.9 Å². The molecule has 0 radical (unpaired) electrons. The molecule has 0 bridgehead atoms. The van der Waals surface area contributed by atoms with Gasteiger partial charge < -0.3 is 9.84 Å². The van der Waals surface area contributed by atoms with Crippen molar-refractivity contribution in [1.82, 2.24) is 10.2 Å². The Morgan fingerprint density at radius 3 is 2.77 bits per heavy atom. The number of aromatic nitrogens is 2. The summed E-state index contributed by atoms with van der Waals surface area (Å²) in [6.45, 7) is 10.0. The van der Waals surface area contributed by atoms with E-state index < -0.39 is 0 Å². The molecule has 3 saturated carbocycles. The molecule has 0 spiro atoms. The van der Waals surface area contributed by atoms with E-state index in [0.717, 1.165) is 53.5 Å². The molecule has 228 valence electrons. The average Bonchev–Trinajstić information content (AvgIpc) is 3.70. The number of benzene rings is 2. The minimum atomic E-state index is -0.123. The number of aliphatic hydroxyl groups is 1. The Kier molecular flexibility index (Phi) is 6.93. The molecule has 1 aliphatic heterocycles. The summed E-state index contributed by atoms with van der Waals surface area (Å²) in [5, 5.41) is 24.4. The molecule has 1 aromatic heterocycles. The fourth-order valence-corrected chi connectivity index (χ4v) is 12.1. The predicted molar refractivity (Wildman–Crippen MR) is 175 cm³/mol. The van der Waals surface area contributed by atoms with Crippen molar-refractivity contribution in [2.75, 3.05) is 0 Å². The van der Waals surface area contributed by atoms with Gasteiger partial charge >= 0.3 is 0 Å². The van der Waals surface area contributed by atoms with Crippen molar-refractivity contribution in [1.29, 1.82) is 0 Å². The number of nitrogens with zero attached hydrogens (tertiary/aromatic N) is 2. The van der Waals surface area contributed by atoms with E-state index in [1.165, 1.54) is 48.4 Å². The summed E-state index contributed by atoms with van der Waals surface area (Å²) in [4.78, 5) is 0. The Morgan fingerprint density at radius 2 is 1.88 bits per heavy atom. The second-order valence-corrected chi connectivity index (χ2v) is 16.5. The summed E-state index contributed by atoms with van der Waals surface area (Å²) in [5.41, 5.74) is 3.47. The summed E-state index contributed by atoms with van der Waals surface area (Å²) in [5.74, 6) is 4.03. The maximum Gasteiger partial charge on any atom is 0.148 e. The van der Waals surface area contributed by atoms with Crippen molar-refractivity contribution < 1.29 is 9.84 Å². The monoisotopic (exact) mass is 596 g/mol. The summed E-state index contributed by atoms with van der Waals surface area (Å²) in [6.07, 6.45) is 13.7. The van der Waals surface area contributed by atoms with Crippen molar-refractivity contribution >= 4 is 22.1 Å². The van der Waals surface area contributed by atoms with E-state index in [1.807, 2.05) is 0 Å². The van der Waals surface area contributed by atoms with Gasteiger partial charge in [0.15, 0.2) is 0 Å². The van der Waals surface area contributed by atoms with Gasteiger partial charge in [-0.15, -0.1) is 10.2 Å². The van der Waals surface area contributed by atoms with Gasteiger partial charge in [-0.1, -0.05) is 93.1 Å². The largest absolute Gasteiger partial charge is 0.393 e. The number of aliphatic hydroxyl groups excluding tert-OH is 1. The first-order chi connectivity index (χ1) is 20.8. The quantitative estimate of drug-likeness (QED) is 0.298. The zero-order valence-electron chi connectivity index (χ0n) is 26.3. The normalized spacial score (nSPS) is 40.8. The SMILES string of the molecule is C[C@H]1[C@H]2[C@H](C[C@H]3[C@@H]4CC=C5C[C@@H](O)CC[C@]5(C)[C@H]4CC[C@]23C)O[C@@H]1CC[C@H](C)c1nnc(-c2cccc3ccccc23)s1. The first-order valence-corrected chi connectivity index (χ1v) is 17.9. The number of allylic oxidation sites excluding steroid dienone is 1. The molecule has 43 heavy (non-hydrogen) atoms. The number of ether oxygens (including phenoxy) is 1. The van der Waals surface area contributed by atoms with Crippen LogP contribution in [0.1, 0.15) is 96.4 Å². The first kappa shape index (κ1) is 28.4. The molecule has 11 atom stereocenters. The second kappa shape index (κ2) is 10.5. The summed E-state index contributed by atoms with van der Waals surface area (Å²) < 4.78 is 7.01. The molecule has 2 aromatic carbocycles. The van der Waals surface area contributed by atoms with E-state index >= 15 is 0 Å². The minimum absolute atomic E-state index is 0.123. The van der Waals surface area contributed by atoms with Crippen molar-refractivity contribution in [2.45, 2.75) is 110 Å². The number of rotatable bonds is 5. The van der Waals surface area contributed by atoms with Gasteiger partial charge in [-0.25, -0.2) is 0 Å². The fourth-order valence-electron chi connectivity index (χ4n) is 11.2. The van der Waals surface area contributed by atoms with Gasteiger partial charge in [0, 0.05) is 11.5 Å². The molecule has 4 nitrogen and oxygen atoms in total. The highest BCUT2D eigenvalue weighted by atomic mass is 32.1. The Morgan fingerprint density at radius 1 is 1.05 bits per heavy atom. The topological polar surface area (TPSA) is 55.2 Å². The number of fused-ring (bicyclic) bond motifs is 8. The van der Waals surface area contributed by atoms with Crippen LogP contribution in [-0.4, -0.2) is 33.6 Å². The molecule has 5 aliphatic rings. The number of hydrogen-bond acceptors (Lipinski definition) is 5. The van der Waals surface area contributed by atoms with Crippen molar-refractivity contribution in [2.24, 2.45) is 40.4 Å². The highest BCUT2D eigenvalue weighted by Crippen LogP contribution is 2.69. The molecule has 3 aromatic rings. The third-order valence-corrected chi connectivity index (χ3v) is 14.6. The van der Waals surface area contributed by atoms with Gasteiger partial charge in [0.25, 0.3) is 0 Å². The van der Waals surface area contributed by atoms with Gasteiger partial charge in [-0.2, -0.15) is 0 Å². The van der Waals surface area contributed by atoms with Gasteiger partial charge in [0.1, 0.15) is 10.0 Å². The van der Waals surface area contributed by atoms with Gasteiger partial charge in [0.2, 0.25) is 0 Å². The number of hydrogen-bond donors (Lipinski definition) is 1. The Hall–Kier alpha value is -2.08. The molecule has 2 heterocycles. The van der Waals surface area contributed by atoms with Crippen LogP contribution >= 0.6 is 11.3 Å². The maximum atomic E-state index is 10.4. The first-order valence-electron chi connectivity index (χ1n) is 17.1. The molecule has 8 rings (SSSR count). The van der Waals surface area contributed by atoms with Gasteiger partial charge in [0.05, 0.1) is 18.3 Å².